The van der Waals surface area contributed by atoms with Crippen LogP contribution in [0.3, 0.4) is 0 Å². The van der Waals surface area contributed by atoms with E-state index in [-0.39, 0.29) is 17.9 Å². The van der Waals surface area contributed by atoms with Crippen molar-refractivity contribution < 1.29 is 14.6 Å². The number of aryl methyl sites for hydroxylation is 1. The van der Waals surface area contributed by atoms with Gasteiger partial charge in [0.05, 0.1) is 18.4 Å². The van der Waals surface area contributed by atoms with Crippen molar-refractivity contribution in [1.29, 1.82) is 0 Å². The van der Waals surface area contributed by atoms with Gasteiger partial charge in [0.1, 0.15) is 0 Å². The standard InChI is InChI=1S/C16H27N3O3/c1-3-19-11-14(10-17-19)15(21)18-8-4-6-16(12-18,13-20)7-5-9-22-2/h10-11,20H,3-9,12-13H2,1-2H3. The maximum atomic E-state index is 12.6. The maximum absolute atomic E-state index is 12.6. The van der Waals surface area contributed by atoms with Crippen LogP contribution in [0.4, 0.5) is 0 Å². The number of nitrogens with zero attached hydrogens (tertiary/aromatic N) is 3. The minimum Gasteiger partial charge on any atom is -0.396 e. The molecule has 124 valence electrons. The number of carbonyl (C=O) groups excluding carboxylic acids is 1. The van der Waals surface area contributed by atoms with Crippen molar-refractivity contribution in [1.82, 2.24) is 14.7 Å². The minimum atomic E-state index is -0.187. The molecule has 2 heterocycles. The van der Waals surface area contributed by atoms with Crippen LogP contribution in [0.15, 0.2) is 12.4 Å². The normalized spacial score (nSPS) is 22.0. The van der Waals surface area contributed by atoms with E-state index < -0.39 is 0 Å². The van der Waals surface area contributed by atoms with E-state index in [1.807, 2.05) is 11.8 Å². The van der Waals surface area contributed by atoms with E-state index in [0.717, 1.165) is 38.8 Å². The van der Waals surface area contributed by atoms with Gasteiger partial charge in [-0.15, -0.1) is 0 Å². The monoisotopic (exact) mass is 309 g/mol. The summed E-state index contributed by atoms with van der Waals surface area (Å²) in [5, 5.41) is 14.0. The van der Waals surface area contributed by atoms with Crippen LogP contribution in [0, 0.1) is 5.41 Å². The number of aliphatic hydroxyl groups is 1. The molecule has 0 aliphatic carbocycles. The predicted octanol–water partition coefficient (Wildman–Crippen LogP) is 1.54. The summed E-state index contributed by atoms with van der Waals surface area (Å²) in [6, 6.07) is 0. The van der Waals surface area contributed by atoms with Crippen molar-refractivity contribution in [3.05, 3.63) is 18.0 Å². The van der Waals surface area contributed by atoms with Crippen LogP contribution >= 0.6 is 0 Å². The number of carbonyl (C=O) groups is 1. The Labute approximate surface area is 132 Å². The minimum absolute atomic E-state index is 0.0176. The second-order valence-corrected chi connectivity index (χ2v) is 6.17. The summed E-state index contributed by atoms with van der Waals surface area (Å²) >= 11 is 0. The Balaban J connectivity index is 2.03. The molecule has 6 nitrogen and oxygen atoms in total. The van der Waals surface area contributed by atoms with Gasteiger partial charge >= 0.3 is 0 Å². The van der Waals surface area contributed by atoms with Gasteiger partial charge in [-0.25, -0.2) is 0 Å². The van der Waals surface area contributed by atoms with Gasteiger partial charge in [0.15, 0.2) is 0 Å². The van der Waals surface area contributed by atoms with Gasteiger partial charge < -0.3 is 14.7 Å². The number of aliphatic hydroxyl groups excluding tert-OH is 1. The summed E-state index contributed by atoms with van der Waals surface area (Å²) in [6.45, 7) is 4.93. The van der Waals surface area contributed by atoms with Crippen LogP contribution in [0.5, 0.6) is 0 Å². The molecule has 1 aromatic rings. The first kappa shape index (κ1) is 17.0. The Kier molecular flexibility index (Phi) is 5.97. The van der Waals surface area contributed by atoms with Crippen molar-refractivity contribution in [2.24, 2.45) is 5.41 Å². The molecular weight excluding hydrogens is 282 g/mol. The molecule has 22 heavy (non-hydrogen) atoms. The van der Waals surface area contributed by atoms with Gasteiger partial charge in [0.2, 0.25) is 0 Å². The topological polar surface area (TPSA) is 67.6 Å². The van der Waals surface area contributed by atoms with Crippen molar-refractivity contribution >= 4 is 5.91 Å². The number of rotatable bonds is 7. The molecule has 1 aromatic heterocycles. The highest BCUT2D eigenvalue weighted by atomic mass is 16.5. The zero-order valence-corrected chi connectivity index (χ0v) is 13.6. The lowest BCUT2D eigenvalue weighted by Gasteiger charge is -2.42. The number of likely N-dealkylation sites (tertiary alicyclic amines) is 1. The molecule has 1 saturated heterocycles. The maximum Gasteiger partial charge on any atom is 0.257 e. The zero-order valence-electron chi connectivity index (χ0n) is 13.6. The fourth-order valence-electron chi connectivity index (χ4n) is 3.21. The summed E-state index contributed by atoms with van der Waals surface area (Å²) in [7, 11) is 1.69. The largest absolute Gasteiger partial charge is 0.396 e. The van der Waals surface area contributed by atoms with E-state index in [0.29, 0.717) is 18.7 Å². The lowest BCUT2D eigenvalue weighted by Crippen LogP contribution is -2.48. The van der Waals surface area contributed by atoms with E-state index in [1.54, 1.807) is 24.2 Å². The molecular formula is C16H27N3O3. The van der Waals surface area contributed by atoms with E-state index in [4.69, 9.17) is 4.74 Å². The molecule has 6 heteroatoms. The lowest BCUT2D eigenvalue weighted by atomic mass is 9.77. The Hall–Kier alpha value is -1.40. The Morgan fingerprint density at radius 2 is 2.36 bits per heavy atom. The average molecular weight is 309 g/mol. The van der Waals surface area contributed by atoms with E-state index >= 15 is 0 Å². The van der Waals surface area contributed by atoms with Crippen LogP contribution in [0.2, 0.25) is 0 Å². The van der Waals surface area contributed by atoms with Crippen molar-refractivity contribution in [2.45, 2.75) is 39.2 Å². The number of piperidine rings is 1. The van der Waals surface area contributed by atoms with E-state index in [1.165, 1.54) is 0 Å². The second kappa shape index (κ2) is 7.74. The predicted molar refractivity (Wildman–Crippen MR) is 83.7 cm³/mol. The molecule has 0 saturated carbocycles. The highest BCUT2D eigenvalue weighted by Crippen LogP contribution is 2.34. The number of ether oxygens (including phenoxy) is 1. The van der Waals surface area contributed by atoms with Crippen LogP contribution < -0.4 is 0 Å². The lowest BCUT2D eigenvalue weighted by molar-refractivity contribution is 0.0180. The van der Waals surface area contributed by atoms with E-state index in [2.05, 4.69) is 5.10 Å². The van der Waals surface area contributed by atoms with Gasteiger partial charge in [0.25, 0.3) is 5.91 Å². The third kappa shape index (κ3) is 3.87. The zero-order chi connectivity index (χ0) is 16.0. The van der Waals surface area contributed by atoms with Crippen LogP contribution in [0.1, 0.15) is 43.0 Å². The highest BCUT2D eigenvalue weighted by Gasteiger charge is 2.36. The number of aromatic nitrogens is 2. The molecule has 0 spiro atoms. The summed E-state index contributed by atoms with van der Waals surface area (Å²) in [5.74, 6) is 0.0176. The quantitative estimate of drug-likeness (QED) is 0.776. The van der Waals surface area contributed by atoms with Gasteiger partial charge in [-0.1, -0.05) is 0 Å². The Morgan fingerprint density at radius 1 is 1.55 bits per heavy atom. The molecule has 0 aromatic carbocycles. The van der Waals surface area contributed by atoms with Crippen molar-refractivity contribution in [3.8, 4) is 0 Å². The molecule has 1 unspecified atom stereocenters. The van der Waals surface area contributed by atoms with Crippen molar-refractivity contribution in [3.63, 3.8) is 0 Å². The number of amides is 1. The third-order valence-electron chi connectivity index (χ3n) is 4.54. The van der Waals surface area contributed by atoms with Gasteiger partial charge in [-0.05, 0) is 32.6 Å². The van der Waals surface area contributed by atoms with Gasteiger partial charge in [-0.3, -0.25) is 9.48 Å². The summed E-state index contributed by atoms with van der Waals surface area (Å²) in [6.07, 6.45) is 7.11. The number of hydrogen-bond acceptors (Lipinski definition) is 4. The molecule has 1 aliphatic rings. The van der Waals surface area contributed by atoms with E-state index in [9.17, 15) is 9.90 Å². The SMILES string of the molecule is CCn1cc(C(=O)N2CCCC(CO)(CCCOC)C2)cn1. The summed E-state index contributed by atoms with van der Waals surface area (Å²) < 4.78 is 6.87. The Bertz CT molecular complexity index is 489. The Morgan fingerprint density at radius 3 is 3.00 bits per heavy atom. The molecule has 0 bridgehead atoms. The van der Waals surface area contributed by atoms with Gasteiger partial charge in [-0.2, -0.15) is 5.10 Å². The van der Waals surface area contributed by atoms with Crippen LogP contribution in [-0.4, -0.2) is 59.1 Å². The summed E-state index contributed by atoms with van der Waals surface area (Å²) in [5.41, 5.74) is 0.445. The average Bonchev–Trinajstić information content (AvgIpc) is 3.03. The molecule has 0 radical (unpaired) electrons. The highest BCUT2D eigenvalue weighted by molar-refractivity contribution is 5.93. The number of hydrogen-bond donors (Lipinski definition) is 1. The second-order valence-electron chi connectivity index (χ2n) is 6.17. The first-order chi connectivity index (χ1) is 10.6. The van der Waals surface area contributed by atoms with Gasteiger partial charge in [0, 0.05) is 45.0 Å². The molecule has 1 amide bonds. The fraction of sp³-hybridized carbons (Fsp3) is 0.750. The van der Waals surface area contributed by atoms with Crippen molar-refractivity contribution in [2.75, 3.05) is 33.4 Å². The molecule has 1 N–H and O–H groups in total. The fourth-order valence-corrected chi connectivity index (χ4v) is 3.21. The molecule has 1 fully saturated rings. The third-order valence-corrected chi connectivity index (χ3v) is 4.54. The summed E-state index contributed by atoms with van der Waals surface area (Å²) in [4.78, 5) is 14.5. The van der Waals surface area contributed by atoms with Crippen LogP contribution in [-0.2, 0) is 11.3 Å². The first-order valence-electron chi connectivity index (χ1n) is 8.05. The van der Waals surface area contributed by atoms with Crippen LogP contribution in [0.25, 0.3) is 0 Å². The smallest absolute Gasteiger partial charge is 0.257 e. The molecule has 1 aliphatic heterocycles. The molecule has 1 atom stereocenters. The first-order valence-corrected chi connectivity index (χ1v) is 8.05. The molecule has 2 rings (SSSR count). The number of methoxy groups -OCH3 is 1.